The third kappa shape index (κ3) is 3.87. The monoisotopic (exact) mass is 412 g/mol. The number of carbonyl (C=O) groups excluding carboxylic acids is 2. The van der Waals surface area contributed by atoms with Gasteiger partial charge in [-0.2, -0.15) is 5.10 Å². The Hall–Kier alpha value is -2.64. The number of hydrogen-bond acceptors (Lipinski definition) is 4. The second kappa shape index (κ2) is 8.62. The van der Waals surface area contributed by atoms with Gasteiger partial charge in [0.25, 0.3) is 0 Å². The van der Waals surface area contributed by atoms with Gasteiger partial charge in [-0.1, -0.05) is 12.2 Å². The molecule has 0 radical (unpaired) electrons. The summed E-state index contributed by atoms with van der Waals surface area (Å²) in [5.74, 6) is 1.01. The van der Waals surface area contributed by atoms with Crippen LogP contribution in [0.2, 0.25) is 0 Å². The molecule has 162 valence electrons. The molecule has 1 aliphatic heterocycles. The second-order valence-electron chi connectivity index (χ2n) is 8.52. The van der Waals surface area contributed by atoms with Gasteiger partial charge in [0.05, 0.1) is 17.5 Å². The third-order valence-corrected chi connectivity index (χ3v) is 6.44. The highest BCUT2D eigenvalue weighted by Crippen LogP contribution is 2.52. The first-order chi connectivity index (χ1) is 14.5. The zero-order valence-electron chi connectivity index (χ0n) is 18.1. The van der Waals surface area contributed by atoms with Crippen LogP contribution >= 0.6 is 0 Å². The number of hydrogen-bond donors (Lipinski definition) is 2. The Labute approximate surface area is 177 Å². The maximum Gasteiger partial charge on any atom is 0.233 e. The maximum atomic E-state index is 12.8. The molecule has 8 nitrogen and oxygen atoms in total. The van der Waals surface area contributed by atoms with E-state index in [0.717, 1.165) is 37.3 Å². The number of imide groups is 1. The topological polar surface area (TPSA) is 91.6 Å². The van der Waals surface area contributed by atoms with Crippen LogP contribution in [0.4, 0.5) is 0 Å². The van der Waals surface area contributed by atoms with Crippen LogP contribution in [-0.4, -0.2) is 58.6 Å². The normalized spacial score (nSPS) is 27.3. The number of aromatic nitrogens is 2. The van der Waals surface area contributed by atoms with Crippen molar-refractivity contribution in [3.8, 4) is 0 Å². The number of guanidine groups is 1. The highest BCUT2D eigenvalue weighted by molar-refractivity contribution is 6.06. The van der Waals surface area contributed by atoms with E-state index < -0.39 is 0 Å². The van der Waals surface area contributed by atoms with E-state index >= 15 is 0 Å². The van der Waals surface area contributed by atoms with Crippen molar-refractivity contribution < 1.29 is 9.59 Å². The fraction of sp³-hybridized carbons (Fsp3) is 0.636. The van der Waals surface area contributed by atoms with Gasteiger partial charge in [-0.25, -0.2) is 0 Å². The van der Waals surface area contributed by atoms with Gasteiger partial charge in [-0.3, -0.25) is 24.2 Å². The van der Waals surface area contributed by atoms with Gasteiger partial charge >= 0.3 is 0 Å². The van der Waals surface area contributed by atoms with Crippen molar-refractivity contribution in [1.29, 1.82) is 0 Å². The molecule has 1 aromatic heterocycles. The lowest BCUT2D eigenvalue weighted by Crippen LogP contribution is -2.43. The molecule has 2 N–H and O–H groups in total. The molecule has 1 aromatic rings. The maximum absolute atomic E-state index is 12.8. The van der Waals surface area contributed by atoms with Gasteiger partial charge in [0.2, 0.25) is 11.8 Å². The van der Waals surface area contributed by atoms with E-state index in [4.69, 9.17) is 0 Å². The number of carbonyl (C=O) groups is 2. The first-order valence-corrected chi connectivity index (χ1v) is 11.1. The number of aryl methyl sites for hydroxylation is 3. The number of nitrogens with zero attached hydrogens (tertiary/aromatic N) is 4. The Kier molecular flexibility index (Phi) is 5.92. The van der Waals surface area contributed by atoms with Crippen LogP contribution in [-0.2, 0) is 16.1 Å². The first kappa shape index (κ1) is 20.6. The van der Waals surface area contributed by atoms with Crippen molar-refractivity contribution in [2.24, 2.45) is 28.7 Å². The summed E-state index contributed by atoms with van der Waals surface area (Å²) in [5, 5.41) is 11.0. The van der Waals surface area contributed by atoms with Crippen LogP contribution in [0.1, 0.15) is 31.2 Å². The minimum absolute atomic E-state index is 0.00970. The smallest absolute Gasteiger partial charge is 0.233 e. The van der Waals surface area contributed by atoms with Crippen LogP contribution < -0.4 is 10.6 Å². The van der Waals surface area contributed by atoms with Crippen molar-refractivity contribution in [2.45, 2.75) is 40.2 Å². The molecule has 2 aliphatic carbocycles. The Morgan fingerprint density at radius 3 is 2.43 bits per heavy atom. The van der Waals surface area contributed by atoms with Crippen LogP contribution in [0.15, 0.2) is 23.2 Å². The van der Waals surface area contributed by atoms with E-state index in [1.165, 1.54) is 4.90 Å². The summed E-state index contributed by atoms with van der Waals surface area (Å²) in [7, 11) is 0. The SMILES string of the molecule is CCNC(=NCCCn1nc(C)cc1C)NCCN1C(=O)C2C3C=CC(C3)C2C1=O. The van der Waals surface area contributed by atoms with Gasteiger partial charge < -0.3 is 10.6 Å². The van der Waals surface area contributed by atoms with Crippen LogP contribution in [0.3, 0.4) is 0 Å². The molecule has 2 amide bonds. The number of nitrogens with one attached hydrogen (secondary N) is 2. The molecule has 1 saturated heterocycles. The summed E-state index contributed by atoms with van der Waals surface area (Å²) in [4.78, 5) is 31.6. The van der Waals surface area contributed by atoms with Crippen molar-refractivity contribution in [3.63, 3.8) is 0 Å². The Morgan fingerprint density at radius 2 is 1.83 bits per heavy atom. The summed E-state index contributed by atoms with van der Waals surface area (Å²) in [6.07, 6.45) is 6.11. The van der Waals surface area contributed by atoms with Gasteiger partial charge in [0.15, 0.2) is 5.96 Å². The van der Waals surface area contributed by atoms with E-state index in [2.05, 4.69) is 45.9 Å². The minimum atomic E-state index is -0.121. The van der Waals surface area contributed by atoms with Gasteiger partial charge in [-0.15, -0.1) is 0 Å². The number of aliphatic imine (C=N–C) groups is 1. The largest absolute Gasteiger partial charge is 0.357 e. The van der Waals surface area contributed by atoms with Crippen molar-refractivity contribution in [1.82, 2.24) is 25.3 Å². The third-order valence-electron chi connectivity index (χ3n) is 6.44. The predicted molar refractivity (Wildman–Crippen MR) is 115 cm³/mol. The molecule has 4 atom stereocenters. The molecule has 3 aliphatic rings. The number of fused-ring (bicyclic) bond motifs is 5. The lowest BCUT2D eigenvalue weighted by molar-refractivity contribution is -0.140. The number of amides is 2. The van der Waals surface area contributed by atoms with Crippen molar-refractivity contribution >= 4 is 17.8 Å². The van der Waals surface area contributed by atoms with Crippen LogP contribution in [0, 0.1) is 37.5 Å². The first-order valence-electron chi connectivity index (χ1n) is 11.1. The number of rotatable bonds is 8. The van der Waals surface area contributed by atoms with Crippen molar-refractivity contribution in [2.75, 3.05) is 26.2 Å². The minimum Gasteiger partial charge on any atom is -0.357 e. The van der Waals surface area contributed by atoms with E-state index in [-0.39, 0.29) is 35.5 Å². The number of allylic oxidation sites excluding steroid dienone is 2. The van der Waals surface area contributed by atoms with Gasteiger partial charge in [0.1, 0.15) is 0 Å². The standard InChI is InChI=1S/C22H32N6O2/c1-4-23-22(24-8-5-10-28-15(3)12-14(2)26-28)25-9-11-27-20(29)18-16-6-7-17(13-16)19(18)21(27)30/h6-7,12,16-19H,4-5,8-11,13H2,1-3H3,(H2,23,24,25). The fourth-order valence-electron chi connectivity index (χ4n) is 5.12. The molecule has 30 heavy (non-hydrogen) atoms. The summed E-state index contributed by atoms with van der Waals surface area (Å²) in [6.45, 7) is 9.23. The van der Waals surface area contributed by atoms with Crippen LogP contribution in [0.5, 0.6) is 0 Å². The average Bonchev–Trinajstić information content (AvgIpc) is 3.45. The summed E-state index contributed by atoms with van der Waals surface area (Å²) in [5.41, 5.74) is 2.19. The molecule has 2 heterocycles. The summed E-state index contributed by atoms with van der Waals surface area (Å²) < 4.78 is 2.01. The molecule has 4 unspecified atom stereocenters. The highest BCUT2D eigenvalue weighted by atomic mass is 16.2. The molecular formula is C22H32N6O2. The summed E-state index contributed by atoms with van der Waals surface area (Å²) >= 11 is 0. The zero-order chi connectivity index (χ0) is 21.3. The molecule has 1 saturated carbocycles. The molecule has 0 aromatic carbocycles. The molecule has 8 heteroatoms. The second-order valence-corrected chi connectivity index (χ2v) is 8.52. The lowest BCUT2D eigenvalue weighted by atomic mass is 9.85. The fourth-order valence-corrected chi connectivity index (χ4v) is 5.12. The predicted octanol–water partition coefficient (Wildman–Crippen LogP) is 1.25. The van der Waals surface area contributed by atoms with E-state index in [9.17, 15) is 9.59 Å². The summed E-state index contributed by atoms with van der Waals surface area (Å²) in [6, 6.07) is 2.07. The highest BCUT2D eigenvalue weighted by Gasteiger charge is 2.58. The molecule has 2 fully saturated rings. The Morgan fingerprint density at radius 1 is 1.13 bits per heavy atom. The quantitative estimate of drug-likeness (QED) is 0.220. The average molecular weight is 413 g/mol. The molecule has 4 rings (SSSR count). The number of likely N-dealkylation sites (tertiary alicyclic amines) is 1. The van der Waals surface area contributed by atoms with E-state index in [1.54, 1.807) is 0 Å². The molecule has 0 spiro atoms. The van der Waals surface area contributed by atoms with Crippen LogP contribution in [0.25, 0.3) is 0 Å². The van der Waals surface area contributed by atoms with Gasteiger partial charge in [-0.05, 0) is 51.5 Å². The Balaban J connectivity index is 1.25. The molecular weight excluding hydrogens is 380 g/mol. The molecule has 2 bridgehead atoms. The van der Waals surface area contributed by atoms with E-state index in [0.29, 0.717) is 25.6 Å². The van der Waals surface area contributed by atoms with Gasteiger partial charge in [0, 0.05) is 38.4 Å². The Bertz CT molecular complexity index is 843. The van der Waals surface area contributed by atoms with Crippen molar-refractivity contribution in [3.05, 3.63) is 29.6 Å². The lowest BCUT2D eigenvalue weighted by Gasteiger charge is -2.18. The van der Waals surface area contributed by atoms with E-state index in [1.807, 2.05) is 18.5 Å². The zero-order valence-corrected chi connectivity index (χ0v) is 18.1.